The summed E-state index contributed by atoms with van der Waals surface area (Å²) in [6, 6.07) is 8.22. The molecule has 1 unspecified atom stereocenters. The highest BCUT2D eigenvalue weighted by molar-refractivity contribution is 5.58. The van der Waals surface area contributed by atoms with E-state index in [1.165, 1.54) is 5.56 Å². The predicted molar refractivity (Wildman–Crippen MR) is 87.4 cm³/mol. The van der Waals surface area contributed by atoms with Crippen LogP contribution in [0.25, 0.3) is 11.5 Å². The van der Waals surface area contributed by atoms with Gasteiger partial charge in [-0.05, 0) is 11.6 Å². The van der Waals surface area contributed by atoms with E-state index in [4.69, 9.17) is 14.0 Å². The van der Waals surface area contributed by atoms with Crippen LogP contribution in [-0.4, -0.2) is 61.1 Å². The summed E-state index contributed by atoms with van der Waals surface area (Å²) in [5.74, 6) is 1.23. The first-order chi connectivity index (χ1) is 11.9. The molecule has 0 aliphatic carbocycles. The molecule has 2 fully saturated rings. The molecule has 1 N–H and O–H groups in total. The first kappa shape index (κ1) is 15.7. The first-order valence-electron chi connectivity index (χ1n) is 8.43. The third-order valence-corrected chi connectivity index (χ3v) is 4.42. The molecule has 0 spiro atoms. The summed E-state index contributed by atoms with van der Waals surface area (Å²) < 4.78 is 16.4. The van der Waals surface area contributed by atoms with Crippen molar-refractivity contribution in [2.24, 2.45) is 0 Å². The van der Waals surface area contributed by atoms with Crippen molar-refractivity contribution in [1.29, 1.82) is 0 Å². The molecule has 24 heavy (non-hydrogen) atoms. The monoisotopic (exact) mass is 330 g/mol. The van der Waals surface area contributed by atoms with Crippen LogP contribution in [0.15, 0.2) is 28.8 Å². The molecule has 2 aliphatic rings. The number of hydrogen-bond donors (Lipinski definition) is 1. The second kappa shape index (κ2) is 7.40. The van der Waals surface area contributed by atoms with Crippen LogP contribution in [0.3, 0.4) is 0 Å². The average molecular weight is 330 g/mol. The Morgan fingerprint density at radius 3 is 2.83 bits per heavy atom. The Labute approximate surface area is 140 Å². The molecule has 2 aromatic rings. The van der Waals surface area contributed by atoms with E-state index >= 15 is 0 Å². The molecule has 4 rings (SSSR count). The number of nitrogens with one attached hydrogen (secondary N) is 1. The van der Waals surface area contributed by atoms with Crippen LogP contribution in [0, 0.1) is 0 Å². The molecule has 3 heterocycles. The Balaban J connectivity index is 1.54. The second-order valence-corrected chi connectivity index (χ2v) is 6.09. The minimum absolute atomic E-state index is 0.00246. The molecule has 7 nitrogen and oxygen atoms in total. The quantitative estimate of drug-likeness (QED) is 0.904. The molecule has 1 atom stereocenters. The summed E-state index contributed by atoms with van der Waals surface area (Å²) in [5.41, 5.74) is 2.20. The van der Waals surface area contributed by atoms with Gasteiger partial charge in [-0.15, -0.1) is 0 Å². The Morgan fingerprint density at radius 2 is 2.00 bits per heavy atom. The molecular formula is C17H22N4O3. The fourth-order valence-electron chi connectivity index (χ4n) is 3.08. The van der Waals surface area contributed by atoms with E-state index in [2.05, 4.69) is 26.4 Å². The zero-order chi connectivity index (χ0) is 16.2. The lowest BCUT2D eigenvalue weighted by atomic mass is 10.1. The fourth-order valence-corrected chi connectivity index (χ4v) is 3.08. The smallest absolute Gasteiger partial charge is 0.258 e. The van der Waals surface area contributed by atoms with Crippen LogP contribution in [0.4, 0.5) is 0 Å². The van der Waals surface area contributed by atoms with Gasteiger partial charge in [0.2, 0.25) is 0 Å². The lowest BCUT2D eigenvalue weighted by Crippen LogP contribution is -2.35. The summed E-state index contributed by atoms with van der Waals surface area (Å²) in [7, 11) is 0. The number of rotatable bonds is 4. The maximum Gasteiger partial charge on any atom is 0.258 e. The van der Waals surface area contributed by atoms with Crippen molar-refractivity contribution in [3.05, 3.63) is 35.7 Å². The van der Waals surface area contributed by atoms with Crippen molar-refractivity contribution >= 4 is 0 Å². The lowest BCUT2D eigenvalue weighted by Gasteiger charge is -2.27. The van der Waals surface area contributed by atoms with Crippen LogP contribution < -0.4 is 5.32 Å². The third-order valence-electron chi connectivity index (χ3n) is 4.42. The summed E-state index contributed by atoms with van der Waals surface area (Å²) in [6.45, 7) is 6.46. The zero-order valence-corrected chi connectivity index (χ0v) is 13.6. The minimum atomic E-state index is 0.00246. The largest absolute Gasteiger partial charge is 0.379 e. The Bertz CT molecular complexity index is 663. The summed E-state index contributed by atoms with van der Waals surface area (Å²) >= 11 is 0. The fraction of sp³-hybridized carbons (Fsp3) is 0.529. The van der Waals surface area contributed by atoms with E-state index in [9.17, 15) is 0 Å². The maximum absolute atomic E-state index is 5.53. The first-order valence-corrected chi connectivity index (χ1v) is 8.43. The summed E-state index contributed by atoms with van der Waals surface area (Å²) in [4.78, 5) is 6.98. The van der Waals surface area contributed by atoms with Gasteiger partial charge in [-0.1, -0.05) is 23.4 Å². The summed E-state index contributed by atoms with van der Waals surface area (Å²) in [5, 5.41) is 7.49. The highest BCUT2D eigenvalue weighted by Crippen LogP contribution is 2.25. The average Bonchev–Trinajstić information content (AvgIpc) is 3.14. The number of aromatic nitrogens is 2. The third kappa shape index (κ3) is 3.49. The van der Waals surface area contributed by atoms with Gasteiger partial charge in [-0.25, -0.2) is 0 Å². The van der Waals surface area contributed by atoms with Crippen LogP contribution in [-0.2, 0) is 16.0 Å². The zero-order valence-electron chi connectivity index (χ0n) is 13.6. The highest BCUT2D eigenvalue weighted by atomic mass is 16.5. The SMILES string of the molecule is c1ccc(-c2nc(C3COCCN3)no2)c(CN2CCOCC2)c1. The Morgan fingerprint density at radius 1 is 1.12 bits per heavy atom. The van der Waals surface area contributed by atoms with Crippen LogP contribution in [0.5, 0.6) is 0 Å². The Hall–Kier alpha value is -1.80. The van der Waals surface area contributed by atoms with Gasteiger partial charge in [0, 0.05) is 31.7 Å². The normalized spacial score (nSPS) is 22.6. The van der Waals surface area contributed by atoms with Gasteiger partial charge in [0.15, 0.2) is 5.82 Å². The van der Waals surface area contributed by atoms with Crippen LogP contribution in [0.1, 0.15) is 17.4 Å². The van der Waals surface area contributed by atoms with E-state index in [1.807, 2.05) is 18.2 Å². The van der Waals surface area contributed by atoms with E-state index < -0.39 is 0 Å². The maximum atomic E-state index is 5.53. The molecule has 2 aliphatic heterocycles. The van der Waals surface area contributed by atoms with Gasteiger partial charge in [-0.3, -0.25) is 4.90 Å². The summed E-state index contributed by atoms with van der Waals surface area (Å²) in [6.07, 6.45) is 0. The number of morpholine rings is 2. The molecule has 0 bridgehead atoms. The van der Waals surface area contributed by atoms with Crippen molar-refractivity contribution in [2.45, 2.75) is 12.6 Å². The standard InChI is InChI=1S/C17H22N4O3/c1-2-4-14(13(3-1)11-21-6-9-22-10-7-21)17-19-16(20-24-17)15-12-23-8-5-18-15/h1-4,15,18H,5-12H2. The van der Waals surface area contributed by atoms with E-state index in [-0.39, 0.29) is 6.04 Å². The number of benzene rings is 1. The van der Waals surface area contributed by atoms with Gasteiger partial charge >= 0.3 is 0 Å². The van der Waals surface area contributed by atoms with Gasteiger partial charge in [0.25, 0.3) is 5.89 Å². The number of ether oxygens (including phenoxy) is 2. The molecule has 0 radical (unpaired) electrons. The molecule has 2 saturated heterocycles. The van der Waals surface area contributed by atoms with Gasteiger partial charge in [0.1, 0.15) is 0 Å². The molecule has 1 aromatic heterocycles. The van der Waals surface area contributed by atoms with Crippen LogP contribution in [0.2, 0.25) is 0 Å². The van der Waals surface area contributed by atoms with Crippen molar-refractivity contribution in [3.8, 4) is 11.5 Å². The van der Waals surface area contributed by atoms with E-state index in [1.54, 1.807) is 0 Å². The molecule has 0 amide bonds. The van der Waals surface area contributed by atoms with Gasteiger partial charge < -0.3 is 19.3 Å². The van der Waals surface area contributed by atoms with Gasteiger partial charge in [-0.2, -0.15) is 4.98 Å². The molecule has 1 aromatic carbocycles. The van der Waals surface area contributed by atoms with E-state index in [0.717, 1.165) is 51.6 Å². The number of nitrogens with zero attached hydrogens (tertiary/aromatic N) is 3. The van der Waals surface area contributed by atoms with Crippen LogP contribution >= 0.6 is 0 Å². The highest BCUT2D eigenvalue weighted by Gasteiger charge is 2.22. The van der Waals surface area contributed by atoms with Crippen molar-refractivity contribution in [1.82, 2.24) is 20.4 Å². The predicted octanol–water partition coefficient (Wildman–Crippen LogP) is 1.23. The van der Waals surface area contributed by atoms with Crippen molar-refractivity contribution in [3.63, 3.8) is 0 Å². The minimum Gasteiger partial charge on any atom is -0.379 e. The van der Waals surface area contributed by atoms with E-state index in [0.29, 0.717) is 18.3 Å². The molecule has 0 saturated carbocycles. The molecular weight excluding hydrogens is 308 g/mol. The Kier molecular flexibility index (Phi) is 4.84. The topological polar surface area (TPSA) is 72.7 Å². The second-order valence-electron chi connectivity index (χ2n) is 6.09. The number of hydrogen-bond acceptors (Lipinski definition) is 7. The van der Waals surface area contributed by atoms with Crippen molar-refractivity contribution in [2.75, 3.05) is 46.1 Å². The van der Waals surface area contributed by atoms with Gasteiger partial charge in [0.05, 0.1) is 32.5 Å². The molecule has 128 valence electrons. The van der Waals surface area contributed by atoms with Crippen molar-refractivity contribution < 1.29 is 14.0 Å². The lowest BCUT2D eigenvalue weighted by molar-refractivity contribution is 0.0342. The molecule has 7 heteroatoms.